The van der Waals surface area contributed by atoms with Gasteiger partial charge in [-0.15, -0.1) is 0 Å². The van der Waals surface area contributed by atoms with E-state index in [1.54, 1.807) is 7.11 Å². The molecule has 27 heavy (non-hydrogen) atoms. The van der Waals surface area contributed by atoms with Crippen molar-refractivity contribution in [1.82, 2.24) is 0 Å². The maximum Gasteiger partial charge on any atom is 0.168 e. The van der Waals surface area contributed by atoms with Gasteiger partial charge in [0.25, 0.3) is 0 Å². The monoisotopic (exact) mass is 363 g/mol. The molecule has 2 aromatic rings. The highest BCUT2D eigenvalue weighted by atomic mass is 16.5. The second-order valence-corrected chi connectivity index (χ2v) is 7.68. The van der Waals surface area contributed by atoms with Gasteiger partial charge in [0.2, 0.25) is 0 Å². The maximum atomic E-state index is 12.8. The van der Waals surface area contributed by atoms with Crippen LogP contribution in [0, 0.1) is 5.41 Å². The summed E-state index contributed by atoms with van der Waals surface area (Å²) in [4.78, 5) is 17.5. The van der Waals surface area contributed by atoms with E-state index < -0.39 is 0 Å². The average Bonchev–Trinajstić information content (AvgIpc) is 2.61. The third-order valence-electron chi connectivity index (χ3n) is 4.69. The van der Waals surface area contributed by atoms with Crippen molar-refractivity contribution in [2.75, 3.05) is 7.11 Å². The highest BCUT2D eigenvalue weighted by molar-refractivity contribution is 6.25. The van der Waals surface area contributed by atoms with Gasteiger partial charge in [-0.25, -0.2) is 0 Å². The fourth-order valence-electron chi connectivity index (χ4n) is 3.40. The first-order valence-corrected chi connectivity index (χ1v) is 9.09. The first-order chi connectivity index (χ1) is 12.9. The van der Waals surface area contributed by atoms with E-state index in [9.17, 15) is 9.90 Å². The molecule has 2 aromatic carbocycles. The fraction of sp³-hybridized carbons (Fsp3) is 0.304. The number of hydrogen-bond acceptors (Lipinski definition) is 4. The van der Waals surface area contributed by atoms with Crippen LogP contribution >= 0.6 is 0 Å². The number of nitrogens with zero attached hydrogens (tertiary/aromatic N) is 1. The van der Waals surface area contributed by atoms with Gasteiger partial charge >= 0.3 is 0 Å². The zero-order valence-corrected chi connectivity index (χ0v) is 16.0. The Morgan fingerprint density at radius 3 is 2.37 bits per heavy atom. The Kier molecular flexibility index (Phi) is 5.45. The highest BCUT2D eigenvalue weighted by Crippen LogP contribution is 2.36. The van der Waals surface area contributed by atoms with Gasteiger partial charge in [-0.05, 0) is 41.7 Å². The van der Waals surface area contributed by atoms with Crippen LogP contribution in [0.1, 0.15) is 32.3 Å². The number of carbonyl (C=O) groups is 1. The summed E-state index contributed by atoms with van der Waals surface area (Å²) in [5.41, 5.74) is 2.54. The van der Waals surface area contributed by atoms with Gasteiger partial charge in [-0.2, -0.15) is 0 Å². The van der Waals surface area contributed by atoms with Crippen LogP contribution in [0.2, 0.25) is 0 Å². The summed E-state index contributed by atoms with van der Waals surface area (Å²) in [6.45, 7) is 4.11. The number of hydrogen-bond donors (Lipinski definition) is 1. The topological polar surface area (TPSA) is 58.9 Å². The minimum atomic E-state index is -0.182. The van der Waals surface area contributed by atoms with Gasteiger partial charge in [-0.3, -0.25) is 9.79 Å². The molecular formula is C23H25NO3. The number of benzene rings is 2. The van der Waals surface area contributed by atoms with Gasteiger partial charge in [0.1, 0.15) is 11.5 Å². The number of ether oxygens (including phenoxy) is 1. The van der Waals surface area contributed by atoms with Gasteiger partial charge in [0, 0.05) is 12.8 Å². The normalized spacial score (nSPS) is 19.8. The first kappa shape index (κ1) is 18.9. The Morgan fingerprint density at radius 1 is 1.07 bits per heavy atom. The Hall–Kier alpha value is -2.88. The van der Waals surface area contributed by atoms with Crippen molar-refractivity contribution >= 4 is 17.2 Å². The smallest absolute Gasteiger partial charge is 0.168 e. The number of ketones is 1. The molecule has 1 aliphatic rings. The number of carbonyl (C=O) groups excluding carboxylic acids is 1. The third-order valence-corrected chi connectivity index (χ3v) is 4.69. The first-order valence-electron chi connectivity index (χ1n) is 9.09. The van der Waals surface area contributed by atoms with Crippen LogP contribution in [-0.4, -0.2) is 23.7 Å². The molecule has 0 radical (unpaired) electrons. The van der Waals surface area contributed by atoms with Crippen molar-refractivity contribution in [3.8, 4) is 5.75 Å². The highest BCUT2D eigenvalue weighted by Gasteiger charge is 2.36. The van der Waals surface area contributed by atoms with E-state index in [0.29, 0.717) is 30.5 Å². The minimum absolute atomic E-state index is 0.0491. The Balaban J connectivity index is 2.00. The molecule has 1 N–H and O–H groups in total. The van der Waals surface area contributed by atoms with Gasteiger partial charge in [0.15, 0.2) is 5.78 Å². The molecule has 0 amide bonds. The molecule has 0 aromatic heterocycles. The number of aliphatic hydroxyl groups is 1. The van der Waals surface area contributed by atoms with E-state index in [0.717, 1.165) is 17.0 Å². The molecule has 3 rings (SSSR count). The summed E-state index contributed by atoms with van der Waals surface area (Å²) in [6.07, 6.45) is 1.37. The number of aliphatic hydroxyl groups excluding tert-OH is 1. The second-order valence-electron chi connectivity index (χ2n) is 7.68. The van der Waals surface area contributed by atoms with Gasteiger partial charge < -0.3 is 9.84 Å². The van der Waals surface area contributed by atoms with Crippen LogP contribution in [0.25, 0.3) is 0 Å². The van der Waals surface area contributed by atoms with Gasteiger partial charge in [-0.1, -0.05) is 44.2 Å². The largest absolute Gasteiger partial charge is 0.511 e. The molecule has 0 bridgehead atoms. The minimum Gasteiger partial charge on any atom is -0.511 e. The molecule has 0 aliphatic heterocycles. The summed E-state index contributed by atoms with van der Waals surface area (Å²) in [6, 6.07) is 17.0. The summed E-state index contributed by atoms with van der Waals surface area (Å²) in [7, 11) is 1.62. The van der Waals surface area contributed by atoms with E-state index in [1.165, 1.54) is 0 Å². The zero-order chi connectivity index (χ0) is 19.4. The molecule has 1 saturated carbocycles. The molecule has 0 atom stereocenters. The quantitative estimate of drug-likeness (QED) is 0.599. The SMILES string of the molecule is COc1ccc(N=C2CC(C)(C)CC(=O)C2=C(O)Cc2ccccc2)cc1. The van der Waals surface area contributed by atoms with Crippen molar-refractivity contribution in [2.24, 2.45) is 10.4 Å². The van der Waals surface area contributed by atoms with Crippen molar-refractivity contribution in [3.05, 3.63) is 71.5 Å². The molecule has 1 aliphatic carbocycles. The summed E-state index contributed by atoms with van der Waals surface area (Å²) in [5.74, 6) is 0.794. The zero-order valence-electron chi connectivity index (χ0n) is 16.0. The van der Waals surface area contributed by atoms with E-state index in [2.05, 4.69) is 13.8 Å². The summed E-state index contributed by atoms with van der Waals surface area (Å²) in [5, 5.41) is 10.8. The molecule has 0 saturated heterocycles. The van der Waals surface area contributed by atoms with Crippen LogP contribution in [0.5, 0.6) is 5.75 Å². The molecular weight excluding hydrogens is 338 g/mol. The third kappa shape index (κ3) is 4.64. The molecule has 1 fully saturated rings. The molecule has 4 nitrogen and oxygen atoms in total. The maximum absolute atomic E-state index is 12.8. The van der Waals surface area contributed by atoms with Crippen molar-refractivity contribution < 1.29 is 14.6 Å². The Labute approximate surface area is 160 Å². The van der Waals surface area contributed by atoms with Crippen LogP contribution < -0.4 is 4.74 Å². The fourth-order valence-corrected chi connectivity index (χ4v) is 3.40. The molecule has 0 spiro atoms. The average molecular weight is 363 g/mol. The summed E-state index contributed by atoms with van der Waals surface area (Å²) >= 11 is 0. The lowest BCUT2D eigenvalue weighted by Gasteiger charge is -2.31. The van der Waals surface area contributed by atoms with E-state index >= 15 is 0 Å². The molecule has 140 valence electrons. The molecule has 0 heterocycles. The number of methoxy groups -OCH3 is 1. The van der Waals surface area contributed by atoms with Crippen LogP contribution in [0.3, 0.4) is 0 Å². The van der Waals surface area contributed by atoms with Crippen LogP contribution in [0.4, 0.5) is 5.69 Å². The van der Waals surface area contributed by atoms with Crippen molar-refractivity contribution in [1.29, 1.82) is 0 Å². The molecule has 4 heteroatoms. The number of aliphatic imine (C=N–C) groups is 1. The van der Waals surface area contributed by atoms with E-state index in [4.69, 9.17) is 9.73 Å². The number of allylic oxidation sites excluding steroid dienone is 2. The lowest BCUT2D eigenvalue weighted by molar-refractivity contribution is -0.117. The Morgan fingerprint density at radius 2 is 1.74 bits per heavy atom. The Bertz CT molecular complexity index is 878. The number of rotatable bonds is 4. The van der Waals surface area contributed by atoms with Gasteiger partial charge in [0.05, 0.1) is 24.1 Å². The van der Waals surface area contributed by atoms with E-state index in [1.807, 2.05) is 54.6 Å². The predicted octanol–water partition coefficient (Wildman–Crippen LogP) is 5.21. The second kappa shape index (κ2) is 7.78. The lowest BCUT2D eigenvalue weighted by atomic mass is 9.73. The standard InChI is InChI=1S/C23H25NO3/c1-23(2)14-19(24-17-9-11-18(27-3)12-10-17)22(21(26)15-23)20(25)13-16-7-5-4-6-8-16/h4-12,25H,13-15H2,1-3H3. The van der Waals surface area contributed by atoms with Crippen molar-refractivity contribution in [2.45, 2.75) is 33.1 Å². The van der Waals surface area contributed by atoms with Crippen molar-refractivity contribution in [3.63, 3.8) is 0 Å². The summed E-state index contributed by atoms with van der Waals surface area (Å²) < 4.78 is 5.18. The predicted molar refractivity (Wildman–Crippen MR) is 108 cm³/mol. The van der Waals surface area contributed by atoms with E-state index in [-0.39, 0.29) is 17.0 Å². The van der Waals surface area contributed by atoms with Crippen LogP contribution in [-0.2, 0) is 11.2 Å². The lowest BCUT2D eigenvalue weighted by Crippen LogP contribution is -2.32. The molecule has 0 unspecified atom stereocenters. The van der Waals surface area contributed by atoms with Crippen LogP contribution in [0.15, 0.2) is 70.9 Å². The number of Topliss-reactive ketones (excluding diaryl/α,β-unsaturated/α-hetero) is 1.